The monoisotopic (exact) mass is 686 g/mol. The molecule has 4 amide bonds. The average molecular weight is 687 g/mol. The Morgan fingerprint density at radius 1 is 0.875 bits per heavy atom. The van der Waals surface area contributed by atoms with Gasteiger partial charge in [-0.3, -0.25) is 24.1 Å². The predicted octanol–water partition coefficient (Wildman–Crippen LogP) is 2.74. The molecule has 0 radical (unpaired) electrons. The fraction of sp³-hybridized carbons (Fsp3) is 0.424. The summed E-state index contributed by atoms with van der Waals surface area (Å²) in [6, 6.07) is 8.28. The summed E-state index contributed by atoms with van der Waals surface area (Å²) in [5.74, 6) is -5.43. The summed E-state index contributed by atoms with van der Waals surface area (Å²) in [5, 5.41) is 36.4. The van der Waals surface area contributed by atoms with Crippen molar-refractivity contribution in [2.45, 2.75) is 71.4 Å². The molecular formula is C33H42N4O10S. The summed E-state index contributed by atoms with van der Waals surface area (Å²) in [7, 11) is 0. The molecule has 14 nitrogen and oxygen atoms in total. The summed E-state index contributed by atoms with van der Waals surface area (Å²) in [5.41, 5.74) is 0.840. The Labute approximate surface area is 282 Å². The van der Waals surface area contributed by atoms with Crippen LogP contribution in [0.15, 0.2) is 42.5 Å². The maximum Gasteiger partial charge on any atom is 0.395 e. The fourth-order valence-corrected chi connectivity index (χ4v) is 5.56. The number of carbonyl (C=O) groups is 7. The highest BCUT2D eigenvalue weighted by Gasteiger charge is 2.30. The number of benzene rings is 2. The van der Waals surface area contributed by atoms with E-state index >= 15 is 0 Å². The van der Waals surface area contributed by atoms with Gasteiger partial charge in [-0.05, 0) is 66.5 Å². The third-order valence-corrected chi connectivity index (χ3v) is 8.11. The topological polar surface area (TPSA) is 220 Å². The number of aryl methyl sites for hydroxylation is 1. The van der Waals surface area contributed by atoms with Crippen LogP contribution < -0.4 is 20.9 Å². The van der Waals surface area contributed by atoms with Crippen molar-refractivity contribution in [1.82, 2.24) is 16.0 Å². The zero-order chi connectivity index (χ0) is 35.8. The molecule has 6 N–H and O–H groups in total. The third kappa shape index (κ3) is 12.0. The first-order valence-electron chi connectivity index (χ1n) is 15.5. The molecule has 0 fully saturated rings. The van der Waals surface area contributed by atoms with Gasteiger partial charge in [-0.2, -0.15) is 11.8 Å². The second-order valence-corrected chi connectivity index (χ2v) is 12.1. The number of amides is 4. The van der Waals surface area contributed by atoms with E-state index < -0.39 is 53.6 Å². The zero-order valence-electron chi connectivity index (χ0n) is 27.1. The van der Waals surface area contributed by atoms with Gasteiger partial charge in [-0.1, -0.05) is 38.1 Å². The minimum Gasteiger partial charge on any atom is -0.480 e. The summed E-state index contributed by atoms with van der Waals surface area (Å²) >= 11 is 1.59. The molecule has 0 bridgehead atoms. The van der Waals surface area contributed by atoms with Crippen LogP contribution >= 0.6 is 11.8 Å². The van der Waals surface area contributed by atoms with Crippen LogP contribution in [0, 0.1) is 0 Å². The highest BCUT2D eigenvalue weighted by Crippen LogP contribution is 2.33. The number of carboxylic acids is 3. The van der Waals surface area contributed by atoms with E-state index in [1.54, 1.807) is 30.8 Å². The lowest BCUT2D eigenvalue weighted by Crippen LogP contribution is -2.47. The van der Waals surface area contributed by atoms with Crippen molar-refractivity contribution < 1.29 is 48.9 Å². The molecule has 2 aromatic rings. The lowest BCUT2D eigenvalue weighted by molar-refractivity contribution is -0.148. The van der Waals surface area contributed by atoms with Gasteiger partial charge in [0.05, 0.1) is 16.9 Å². The van der Waals surface area contributed by atoms with E-state index in [2.05, 4.69) is 16.0 Å². The molecule has 48 heavy (non-hydrogen) atoms. The number of aliphatic carboxylic acids is 2. The Hall–Kier alpha value is -4.92. The second kappa shape index (κ2) is 19.7. The Balaban J connectivity index is 2.13. The van der Waals surface area contributed by atoms with E-state index in [0.717, 1.165) is 10.7 Å². The smallest absolute Gasteiger partial charge is 0.395 e. The van der Waals surface area contributed by atoms with Gasteiger partial charge in [-0.15, -0.1) is 0 Å². The summed E-state index contributed by atoms with van der Waals surface area (Å²) < 4.78 is 0. The van der Waals surface area contributed by atoms with Crippen LogP contribution in [0.2, 0.25) is 0 Å². The molecule has 0 aliphatic rings. The van der Waals surface area contributed by atoms with Crippen molar-refractivity contribution in [2.75, 3.05) is 23.0 Å². The van der Waals surface area contributed by atoms with Gasteiger partial charge in [0, 0.05) is 26.3 Å². The zero-order valence-corrected chi connectivity index (χ0v) is 27.9. The molecule has 0 saturated heterocycles. The van der Waals surface area contributed by atoms with Gasteiger partial charge in [0.25, 0.3) is 0 Å². The average Bonchev–Trinajstić information content (AvgIpc) is 3.04. The maximum atomic E-state index is 13.1. The number of unbranched alkanes of at least 4 members (excludes halogenated alkanes) is 1. The van der Waals surface area contributed by atoms with Crippen LogP contribution in [0.5, 0.6) is 0 Å². The number of para-hydroxylation sites is 1. The maximum absolute atomic E-state index is 13.1. The number of nitrogens with zero attached hydrogens (tertiary/aromatic N) is 1. The number of aromatic carboxylic acids is 1. The standard InChI is InChI=1S/C33H42N4O10S/c1-4-22-18-21(13-14-26(22)37(30(41)33(46)47)27-11-7-6-10-23(27)31(42)43)19-25(35-20(3)38)29(40)34-16-9-8-12-28(39)36-24(32(44)45)15-17-48-5-2/h6-7,10-11,13-14,18,24-25H,4-5,8-9,12,15-17,19H2,1-3H3,(H,34,40)(H,35,38)(H,36,39)(H,42,43)(H,44,45)(H,46,47)/t24-,25?/m0/s1. The summed E-state index contributed by atoms with van der Waals surface area (Å²) in [6.07, 6.45) is 1.59. The van der Waals surface area contributed by atoms with Crippen LogP contribution in [-0.2, 0) is 41.6 Å². The van der Waals surface area contributed by atoms with E-state index in [0.29, 0.717) is 42.6 Å². The van der Waals surface area contributed by atoms with E-state index in [4.69, 9.17) is 0 Å². The Kier molecular flexibility index (Phi) is 16.1. The van der Waals surface area contributed by atoms with Crippen LogP contribution in [0.4, 0.5) is 11.4 Å². The largest absolute Gasteiger partial charge is 0.480 e. The van der Waals surface area contributed by atoms with E-state index in [1.807, 2.05) is 6.92 Å². The number of carbonyl (C=O) groups excluding carboxylic acids is 4. The van der Waals surface area contributed by atoms with E-state index in [1.165, 1.54) is 37.3 Å². The Bertz CT molecular complexity index is 1500. The highest BCUT2D eigenvalue weighted by molar-refractivity contribution is 7.99. The molecule has 2 atom stereocenters. The molecular weight excluding hydrogens is 644 g/mol. The Morgan fingerprint density at radius 3 is 2.19 bits per heavy atom. The molecule has 2 rings (SSSR count). The molecule has 0 aromatic heterocycles. The lowest BCUT2D eigenvalue weighted by atomic mass is 9.99. The minimum absolute atomic E-state index is 0.0482. The lowest BCUT2D eigenvalue weighted by Gasteiger charge is -2.26. The van der Waals surface area contributed by atoms with Crippen LogP contribution in [-0.4, -0.2) is 87.0 Å². The van der Waals surface area contributed by atoms with Gasteiger partial charge in [-0.25, -0.2) is 14.4 Å². The molecule has 0 saturated carbocycles. The first-order valence-corrected chi connectivity index (χ1v) is 16.6. The number of hydrogen-bond donors (Lipinski definition) is 6. The van der Waals surface area contributed by atoms with Crippen molar-refractivity contribution in [3.8, 4) is 0 Å². The van der Waals surface area contributed by atoms with Gasteiger partial charge in [0.2, 0.25) is 17.7 Å². The predicted molar refractivity (Wildman–Crippen MR) is 179 cm³/mol. The summed E-state index contributed by atoms with van der Waals surface area (Å²) in [4.78, 5) is 86.0. The molecule has 260 valence electrons. The van der Waals surface area contributed by atoms with Crippen molar-refractivity contribution in [2.24, 2.45) is 0 Å². The molecule has 15 heteroatoms. The first-order chi connectivity index (χ1) is 22.8. The number of nitrogens with one attached hydrogen (secondary N) is 3. The summed E-state index contributed by atoms with van der Waals surface area (Å²) in [6.45, 7) is 5.19. The highest BCUT2D eigenvalue weighted by atomic mass is 32.2. The normalized spacial score (nSPS) is 11.9. The molecule has 0 aliphatic carbocycles. The Morgan fingerprint density at radius 2 is 1.58 bits per heavy atom. The molecule has 1 unspecified atom stereocenters. The van der Waals surface area contributed by atoms with E-state index in [9.17, 15) is 48.9 Å². The van der Waals surface area contributed by atoms with Gasteiger partial charge in [0.15, 0.2) is 0 Å². The van der Waals surface area contributed by atoms with Crippen molar-refractivity contribution in [3.05, 3.63) is 59.2 Å². The SMILES string of the molecule is CCSCC[C@H](NC(=O)CCCCNC(=O)C(Cc1ccc(N(C(=O)C(=O)O)c2ccccc2C(=O)O)c(CC)c1)NC(C)=O)C(=O)O. The van der Waals surface area contributed by atoms with Crippen LogP contribution in [0.25, 0.3) is 0 Å². The van der Waals surface area contributed by atoms with Crippen molar-refractivity contribution >= 4 is 64.7 Å². The van der Waals surface area contributed by atoms with Gasteiger partial charge in [0.1, 0.15) is 12.1 Å². The van der Waals surface area contributed by atoms with Crippen LogP contribution in [0.1, 0.15) is 67.9 Å². The van der Waals surface area contributed by atoms with Gasteiger partial charge >= 0.3 is 23.8 Å². The number of hydrogen-bond acceptors (Lipinski definition) is 8. The molecule has 0 spiro atoms. The van der Waals surface area contributed by atoms with Crippen LogP contribution in [0.3, 0.4) is 0 Å². The molecule has 0 heterocycles. The van der Waals surface area contributed by atoms with Crippen molar-refractivity contribution in [3.63, 3.8) is 0 Å². The second-order valence-electron chi connectivity index (χ2n) is 10.7. The number of carboxylic acid groups (broad SMARTS) is 3. The fourth-order valence-electron chi connectivity index (χ4n) is 4.87. The molecule has 2 aromatic carbocycles. The van der Waals surface area contributed by atoms with Crippen molar-refractivity contribution in [1.29, 1.82) is 0 Å². The number of rotatable bonds is 19. The molecule has 0 aliphatic heterocycles. The van der Waals surface area contributed by atoms with E-state index in [-0.39, 0.29) is 36.3 Å². The third-order valence-electron chi connectivity index (χ3n) is 7.18. The minimum atomic E-state index is -1.78. The number of anilines is 2. The quantitative estimate of drug-likeness (QED) is 0.0932. The first kappa shape index (κ1) is 39.3. The van der Waals surface area contributed by atoms with Gasteiger partial charge < -0.3 is 31.3 Å². The number of thioether (sulfide) groups is 1.